The summed E-state index contributed by atoms with van der Waals surface area (Å²) in [5, 5.41) is 40.5. The largest absolute Gasteiger partial charge is 0.514 e. The highest BCUT2D eigenvalue weighted by atomic mass is 19.1. The molecule has 0 aromatic heterocycles. The molecule has 0 spiro atoms. The fourth-order valence-electron chi connectivity index (χ4n) is 15.6. The van der Waals surface area contributed by atoms with Crippen molar-refractivity contribution >= 4 is 100 Å². The number of nitro groups is 1. The summed E-state index contributed by atoms with van der Waals surface area (Å²) in [6, 6.07) is 20.7. The first-order chi connectivity index (χ1) is 63.7. The van der Waals surface area contributed by atoms with Gasteiger partial charge in [-0.1, -0.05) is 144 Å². The number of carbonyl (C=O) groups excluding carboxylic acids is 14. The van der Waals surface area contributed by atoms with Gasteiger partial charge in [0, 0.05) is 108 Å². The molecule has 0 aliphatic carbocycles. The summed E-state index contributed by atoms with van der Waals surface area (Å²) in [4.78, 5) is 199. The molecule has 1 aliphatic heterocycles. The van der Waals surface area contributed by atoms with E-state index in [4.69, 9.17) is 46.0 Å². The number of aliphatic hydroxyl groups excluding tert-OH is 1. The zero-order chi connectivity index (χ0) is 103. The maximum atomic E-state index is 14.8. The number of Topliss-reactive ketones (excluding diaryl/α,β-unsaturated/α-hetero) is 3. The van der Waals surface area contributed by atoms with Crippen LogP contribution in [0.25, 0.3) is 0 Å². The number of halogens is 1. The number of nitrogens with one attached hydrogen (secondary N) is 7. The Labute approximate surface area is 794 Å². The number of benzene rings is 4. The molecule has 4 aromatic carbocycles. The standard InChI is InChI=1S/C65H104N8O14.C31H41N5O10.CH3F/c1-18-41(8)56(51(84-16)36-52(76)73-33-23-27-48(73)58(85-17)43(10)49(74)34-42(9)57(77)45-24-20-19-21-25-45)71(14)61(80)54(39(4)5)69-60(79)55(40(6)7)72(15)64(83)86-37-44-28-30-47(31-29-44)68-59(78)46(26-22-32-67-62(66)81)35-50(75)53(38(2)3)70-63(82)87-65(11,12)13;1-19(2)26(35-29(40)46-31(3,4)5)25(37)17-21(7-6-16-33-28(32)39)27(38)34-22-10-8-20(9-11-22)18-44-30(41)45-24-14-12-23(13-15-24)36(42)43;1-2/h19-21,24-25,28-31,38-43,46,48,51,53-58,77H,18,22-23,26-27,32-37H2,1-17H3,(H,68,78)(H,69,79)(H,70,82)(H3,66,67,81);8-15,19,21,26H,6-7,16-18H2,1-5H3,(H,34,38)(H,35,40)(H3,32,33,39);1H3/t41-,42-,43-,46+,48-,51+,53-,54-,55-,56-,57+,58+;21-,26+;/m01./s1/i;;1D. The molecule has 12 N–H and O–H groups in total. The number of aliphatic hydroxyl groups is 1. The van der Waals surface area contributed by atoms with Crippen molar-refractivity contribution in [2.24, 2.45) is 64.7 Å². The minimum absolute atomic E-state index is 0.0672. The molecule has 1 saturated heterocycles. The molecule has 14 atom stereocenters. The number of nitrogens with zero attached hydrogens (tertiary/aromatic N) is 4. The zero-order valence-electron chi connectivity index (χ0n) is 83.4. The lowest BCUT2D eigenvalue weighted by molar-refractivity contribution is -0.384. The van der Waals surface area contributed by atoms with Crippen molar-refractivity contribution in [3.63, 3.8) is 0 Å². The van der Waals surface area contributed by atoms with E-state index in [1.165, 1.54) is 43.3 Å². The zero-order valence-corrected chi connectivity index (χ0v) is 82.4. The monoisotopic (exact) mass is 1900 g/mol. The molecular formula is C97H148FN13O24. The quantitative estimate of drug-likeness (QED) is 0.00490. The Bertz CT molecular complexity index is 4500. The Hall–Kier alpha value is -11.9. The SMILES string of the molecule is CC(C)[C@H](NC(=O)OC(C)(C)C)C(=O)C[C@@H](CCCNC(N)=O)C(=O)Nc1ccc(COC(=O)Oc2ccc([N+](=O)[O-])cc2)cc1.CC[C@H](C)[C@@H]([C@@H](CC(=O)N1CCC[C@H]1[C@H](OC)[C@@H](C)C(=O)C[C@H](C)[C@@H](O)c1ccccc1)OC)N(C)C(=O)[C@@H](NC(=O)[C@H](C(C)C)N(C)C(=O)OCc1ccc(NC(=O)[C@H](CCCNC(N)=O)CC(=O)[C@@H](NC(=O)OC(C)(C)C)C(C)C)cc1)C(C)C.[2H]CF. The lowest BCUT2D eigenvalue weighted by Crippen LogP contribution is -2.60. The van der Waals surface area contributed by atoms with Crippen LogP contribution in [0.2, 0.25) is 0 Å². The van der Waals surface area contributed by atoms with E-state index >= 15 is 0 Å². The number of carbonyl (C=O) groups is 14. The molecule has 38 heteroatoms. The molecule has 5 rings (SSSR count). The van der Waals surface area contributed by atoms with Crippen LogP contribution in [0.15, 0.2) is 103 Å². The number of anilines is 2. The third-order valence-electron chi connectivity index (χ3n) is 22.9. The molecule has 37 nitrogen and oxygen atoms in total. The van der Waals surface area contributed by atoms with Gasteiger partial charge < -0.3 is 96.7 Å². The molecule has 135 heavy (non-hydrogen) atoms. The van der Waals surface area contributed by atoms with Crippen LogP contribution in [0, 0.1) is 63.4 Å². The minimum atomic E-state index is -1.06. The first-order valence-corrected chi connectivity index (χ1v) is 45.7. The number of rotatable bonds is 49. The number of methoxy groups -OCH3 is 2. The Morgan fingerprint density at radius 1 is 0.585 bits per heavy atom. The summed E-state index contributed by atoms with van der Waals surface area (Å²) < 4.78 is 54.0. The third-order valence-corrected chi connectivity index (χ3v) is 22.9. The minimum Gasteiger partial charge on any atom is -0.445 e. The van der Waals surface area contributed by atoms with Crippen LogP contribution in [0.3, 0.4) is 0 Å². The number of hydrogen-bond acceptors (Lipinski definition) is 24. The maximum absolute atomic E-state index is 14.8. The Kier molecular flexibility index (Phi) is 49.3. The molecule has 0 unspecified atom stereocenters. The van der Waals surface area contributed by atoms with Crippen LogP contribution in [0.5, 0.6) is 5.75 Å². The van der Waals surface area contributed by atoms with Crippen molar-refractivity contribution < 1.29 is 116 Å². The molecular weight excluding hydrogens is 1750 g/mol. The van der Waals surface area contributed by atoms with Crippen LogP contribution in [-0.2, 0) is 80.0 Å². The highest BCUT2D eigenvalue weighted by Crippen LogP contribution is 2.34. The molecule has 752 valence electrons. The van der Waals surface area contributed by atoms with Gasteiger partial charge in [-0.25, -0.2) is 28.8 Å². The van der Waals surface area contributed by atoms with E-state index in [9.17, 15) is 86.7 Å². The number of ketones is 3. The van der Waals surface area contributed by atoms with E-state index in [0.29, 0.717) is 61.2 Å². The van der Waals surface area contributed by atoms with Crippen LogP contribution in [0.1, 0.15) is 219 Å². The number of primary amides is 2. The van der Waals surface area contributed by atoms with E-state index < -0.39 is 168 Å². The first kappa shape index (κ1) is 115. The molecule has 1 heterocycles. The Balaban J connectivity index is 0.000000812. The Morgan fingerprint density at radius 3 is 1.45 bits per heavy atom. The lowest BCUT2D eigenvalue weighted by Gasteiger charge is -2.41. The summed E-state index contributed by atoms with van der Waals surface area (Å²) in [5.74, 6) is -6.95. The predicted octanol–water partition coefficient (Wildman–Crippen LogP) is 13.6. The van der Waals surface area contributed by atoms with Crippen molar-refractivity contribution in [2.45, 2.75) is 274 Å². The van der Waals surface area contributed by atoms with Gasteiger partial charge in [-0.15, -0.1) is 0 Å². The van der Waals surface area contributed by atoms with Crippen molar-refractivity contribution in [1.29, 1.82) is 0 Å². The van der Waals surface area contributed by atoms with Gasteiger partial charge in [-0.2, -0.15) is 0 Å². The maximum Gasteiger partial charge on any atom is 0.514 e. The van der Waals surface area contributed by atoms with Crippen LogP contribution in [0.4, 0.5) is 50.2 Å². The number of alkyl halides is 1. The predicted molar refractivity (Wildman–Crippen MR) is 507 cm³/mol. The van der Waals surface area contributed by atoms with Gasteiger partial charge in [0.25, 0.3) is 5.69 Å². The summed E-state index contributed by atoms with van der Waals surface area (Å²) >= 11 is 0. The van der Waals surface area contributed by atoms with E-state index in [-0.39, 0.29) is 123 Å². The first-order valence-electron chi connectivity index (χ1n) is 46.4. The van der Waals surface area contributed by atoms with E-state index in [2.05, 4.69) is 37.2 Å². The summed E-state index contributed by atoms with van der Waals surface area (Å²) in [5.41, 5.74) is 11.3. The lowest BCUT2D eigenvalue weighted by atomic mass is 9.85. The summed E-state index contributed by atoms with van der Waals surface area (Å²) in [7, 11) is 5.15. The number of nitrogens with two attached hydrogens (primary N) is 2. The van der Waals surface area contributed by atoms with E-state index in [0.717, 1.165) is 5.56 Å². The number of amides is 12. The van der Waals surface area contributed by atoms with Gasteiger partial charge in [-0.3, -0.25) is 57.8 Å². The van der Waals surface area contributed by atoms with Gasteiger partial charge in [-0.05, 0) is 169 Å². The van der Waals surface area contributed by atoms with Crippen molar-refractivity contribution in [2.75, 3.05) is 65.7 Å². The molecule has 4 aromatic rings. The molecule has 12 amide bonds. The summed E-state index contributed by atoms with van der Waals surface area (Å²) in [6.45, 7) is 32.6. The fourth-order valence-corrected chi connectivity index (χ4v) is 15.6. The fraction of sp³-hybridized carbons (Fsp3) is 0.608. The van der Waals surface area contributed by atoms with Crippen LogP contribution < -0.4 is 53.4 Å². The van der Waals surface area contributed by atoms with Gasteiger partial charge in [0.2, 0.25) is 29.5 Å². The van der Waals surface area contributed by atoms with Crippen molar-refractivity contribution in [3.8, 4) is 5.75 Å². The second-order valence-corrected chi connectivity index (χ2v) is 37.3. The molecule has 1 fully saturated rings. The topological polar surface area (TPSA) is 513 Å². The number of ether oxygens (including phenoxy) is 7. The molecule has 0 saturated carbocycles. The molecule has 1 aliphatic rings. The van der Waals surface area contributed by atoms with Crippen molar-refractivity contribution in [3.05, 3.63) is 130 Å². The van der Waals surface area contributed by atoms with E-state index in [1.54, 1.807) is 156 Å². The highest BCUT2D eigenvalue weighted by Gasteiger charge is 2.45. The van der Waals surface area contributed by atoms with Gasteiger partial charge in [0.1, 0.15) is 48.0 Å². The average molecular weight is 1900 g/mol. The highest BCUT2D eigenvalue weighted by molar-refractivity contribution is 5.99. The third kappa shape index (κ3) is 40.6. The van der Waals surface area contributed by atoms with E-state index in [1.807, 2.05) is 71.9 Å². The van der Waals surface area contributed by atoms with Gasteiger partial charge in [0.05, 0.1) is 62.3 Å². The number of hydrogen-bond donors (Lipinski definition) is 10. The number of non-ortho nitro benzene ring substituents is 1. The summed E-state index contributed by atoms with van der Waals surface area (Å²) in [6.07, 6.45) is -2.69. The number of likely N-dealkylation sites (N-methyl/N-ethyl adjacent to an activating group) is 2. The number of urea groups is 2. The number of nitro benzene ring substituents is 1. The number of alkyl carbamates (subject to hydrolysis) is 2. The van der Waals surface area contributed by atoms with Crippen LogP contribution >= 0.6 is 0 Å². The normalized spacial score (nSPS) is 15.5. The van der Waals surface area contributed by atoms with Crippen molar-refractivity contribution in [1.82, 2.24) is 41.3 Å². The number of likely N-dealkylation sites (tertiary alicyclic amines) is 1. The second-order valence-electron chi connectivity index (χ2n) is 37.3. The molecule has 0 bridgehead atoms. The Morgan fingerprint density at radius 2 is 1.04 bits per heavy atom. The second kappa shape index (κ2) is 57.7. The smallest absolute Gasteiger partial charge is 0.445 e. The van der Waals surface area contributed by atoms with Gasteiger partial charge in [0.15, 0.2) is 11.6 Å². The van der Waals surface area contributed by atoms with Crippen LogP contribution in [-0.4, -0.2) is 223 Å². The average Bonchev–Trinajstić information content (AvgIpc) is 1.52. The van der Waals surface area contributed by atoms with Gasteiger partial charge >= 0.3 is 36.5 Å². The molecule has 0 radical (unpaired) electrons.